The van der Waals surface area contributed by atoms with Crippen LogP contribution in [0.15, 0.2) is 40.3 Å². The second-order valence-electron chi connectivity index (χ2n) is 5.11. The summed E-state index contributed by atoms with van der Waals surface area (Å²) in [6, 6.07) is 7.71. The Hall–Kier alpha value is -2.19. The van der Waals surface area contributed by atoms with E-state index < -0.39 is 4.92 Å². The molecule has 23 heavy (non-hydrogen) atoms. The molecule has 2 aromatic rings. The van der Waals surface area contributed by atoms with E-state index in [9.17, 15) is 14.9 Å². The molecule has 0 fully saturated rings. The molecule has 1 aromatic heterocycles. The molecule has 122 valence electrons. The highest BCUT2D eigenvalue weighted by Crippen LogP contribution is 2.20. The zero-order valence-electron chi connectivity index (χ0n) is 12.8. The highest BCUT2D eigenvalue weighted by molar-refractivity contribution is 7.98. The third-order valence-electron chi connectivity index (χ3n) is 2.86. The van der Waals surface area contributed by atoms with Crippen molar-refractivity contribution in [3.63, 3.8) is 0 Å². The normalized spacial score (nSPS) is 10.9. The van der Waals surface area contributed by atoms with Crippen LogP contribution >= 0.6 is 11.8 Å². The molecule has 0 atom stereocenters. The Labute approximate surface area is 137 Å². The minimum Gasteiger partial charge on any atom is -0.373 e. The second kappa shape index (κ2) is 7.89. The molecule has 0 aliphatic heterocycles. The van der Waals surface area contributed by atoms with Gasteiger partial charge in [-0.1, -0.05) is 23.9 Å². The number of nitrogens with one attached hydrogen (secondary N) is 1. The van der Waals surface area contributed by atoms with Crippen molar-refractivity contribution in [2.75, 3.05) is 0 Å². The van der Waals surface area contributed by atoms with E-state index in [2.05, 4.69) is 9.97 Å². The van der Waals surface area contributed by atoms with Gasteiger partial charge >= 0.3 is 0 Å². The van der Waals surface area contributed by atoms with Crippen molar-refractivity contribution in [2.24, 2.45) is 0 Å². The first kappa shape index (κ1) is 17.2. The SMILES string of the molecule is CC(C)OCc1cc(=O)[nH]c(SCc2ccc([N+](=O)[O-])cc2)n1. The van der Waals surface area contributed by atoms with Crippen LogP contribution in [0.5, 0.6) is 0 Å². The van der Waals surface area contributed by atoms with Gasteiger partial charge in [0.15, 0.2) is 5.16 Å². The number of hydrogen-bond acceptors (Lipinski definition) is 6. The number of nitro benzene ring substituents is 1. The molecule has 8 heteroatoms. The van der Waals surface area contributed by atoms with Gasteiger partial charge in [-0.2, -0.15) is 0 Å². The maximum atomic E-state index is 11.6. The van der Waals surface area contributed by atoms with E-state index >= 15 is 0 Å². The van der Waals surface area contributed by atoms with Crippen LogP contribution in [0.2, 0.25) is 0 Å². The van der Waals surface area contributed by atoms with Gasteiger partial charge < -0.3 is 9.72 Å². The molecule has 1 N–H and O–H groups in total. The van der Waals surface area contributed by atoms with Crippen LogP contribution in [0.25, 0.3) is 0 Å². The summed E-state index contributed by atoms with van der Waals surface area (Å²) >= 11 is 1.36. The highest BCUT2D eigenvalue weighted by Gasteiger charge is 2.07. The number of ether oxygens (including phenoxy) is 1. The maximum absolute atomic E-state index is 11.6. The van der Waals surface area contributed by atoms with Crippen LogP contribution < -0.4 is 5.56 Å². The quantitative estimate of drug-likeness (QED) is 0.361. The van der Waals surface area contributed by atoms with E-state index in [4.69, 9.17) is 4.74 Å². The fourth-order valence-electron chi connectivity index (χ4n) is 1.74. The number of non-ortho nitro benzene ring substituents is 1. The van der Waals surface area contributed by atoms with E-state index in [-0.39, 0.29) is 24.0 Å². The molecule has 0 aliphatic carbocycles. The molecule has 1 heterocycles. The van der Waals surface area contributed by atoms with Gasteiger partial charge in [0.25, 0.3) is 11.2 Å². The van der Waals surface area contributed by atoms with Crippen molar-refractivity contribution in [3.8, 4) is 0 Å². The van der Waals surface area contributed by atoms with Crippen LogP contribution in [0, 0.1) is 10.1 Å². The lowest BCUT2D eigenvalue weighted by Gasteiger charge is -2.07. The van der Waals surface area contributed by atoms with Gasteiger partial charge in [0.2, 0.25) is 0 Å². The Morgan fingerprint density at radius 3 is 2.65 bits per heavy atom. The Balaban J connectivity index is 2.02. The Morgan fingerprint density at radius 1 is 1.35 bits per heavy atom. The number of aromatic amines is 1. The summed E-state index contributed by atoms with van der Waals surface area (Å²) in [7, 11) is 0. The van der Waals surface area contributed by atoms with E-state index in [1.165, 1.54) is 30.0 Å². The summed E-state index contributed by atoms with van der Waals surface area (Å²) in [5, 5.41) is 11.1. The minimum absolute atomic E-state index is 0.0538. The lowest BCUT2D eigenvalue weighted by Crippen LogP contribution is -2.12. The van der Waals surface area contributed by atoms with Gasteiger partial charge in [-0.3, -0.25) is 14.9 Å². The van der Waals surface area contributed by atoms with E-state index in [1.807, 2.05) is 13.8 Å². The van der Waals surface area contributed by atoms with Crippen molar-refractivity contribution in [2.45, 2.75) is 37.5 Å². The van der Waals surface area contributed by atoms with Crippen LogP contribution in [-0.4, -0.2) is 21.0 Å². The molecule has 0 radical (unpaired) electrons. The molecule has 0 unspecified atom stereocenters. The molecule has 0 aliphatic rings. The summed E-state index contributed by atoms with van der Waals surface area (Å²) in [5.74, 6) is 0.551. The molecule has 1 aromatic carbocycles. The molecular formula is C15H17N3O4S. The molecule has 0 amide bonds. The number of nitro groups is 1. The summed E-state index contributed by atoms with van der Waals surface area (Å²) in [4.78, 5) is 28.8. The minimum atomic E-state index is -0.436. The zero-order valence-corrected chi connectivity index (χ0v) is 13.6. The average Bonchev–Trinajstić information content (AvgIpc) is 2.51. The summed E-state index contributed by atoms with van der Waals surface area (Å²) < 4.78 is 5.45. The largest absolute Gasteiger partial charge is 0.373 e. The summed E-state index contributed by atoms with van der Waals surface area (Å²) in [5.41, 5.74) is 1.31. The van der Waals surface area contributed by atoms with Gasteiger partial charge in [-0.05, 0) is 19.4 Å². The lowest BCUT2D eigenvalue weighted by atomic mass is 10.2. The van der Waals surface area contributed by atoms with E-state index in [1.54, 1.807) is 12.1 Å². The molecule has 0 saturated heterocycles. The number of H-pyrrole nitrogens is 1. The monoisotopic (exact) mass is 335 g/mol. The van der Waals surface area contributed by atoms with Crippen molar-refractivity contribution in [3.05, 3.63) is 62.1 Å². The van der Waals surface area contributed by atoms with Gasteiger partial charge in [0.05, 0.1) is 23.3 Å². The predicted octanol–water partition coefficient (Wildman–Crippen LogP) is 2.90. The molecular weight excluding hydrogens is 318 g/mol. The van der Waals surface area contributed by atoms with Gasteiger partial charge in [-0.25, -0.2) is 4.98 Å². The highest BCUT2D eigenvalue weighted by atomic mass is 32.2. The lowest BCUT2D eigenvalue weighted by molar-refractivity contribution is -0.384. The average molecular weight is 335 g/mol. The number of rotatable bonds is 7. The van der Waals surface area contributed by atoms with Crippen molar-refractivity contribution in [1.82, 2.24) is 9.97 Å². The Morgan fingerprint density at radius 2 is 2.04 bits per heavy atom. The van der Waals surface area contributed by atoms with Crippen molar-refractivity contribution < 1.29 is 9.66 Å². The maximum Gasteiger partial charge on any atom is 0.269 e. The molecule has 2 rings (SSSR count). The summed E-state index contributed by atoms with van der Waals surface area (Å²) in [6.07, 6.45) is 0.0623. The summed E-state index contributed by atoms with van der Waals surface area (Å²) in [6.45, 7) is 4.11. The Kier molecular flexibility index (Phi) is 5.89. The molecule has 0 bridgehead atoms. The van der Waals surface area contributed by atoms with Crippen LogP contribution in [0.3, 0.4) is 0 Å². The fraction of sp³-hybridized carbons (Fsp3) is 0.333. The number of hydrogen-bond donors (Lipinski definition) is 1. The third-order valence-corrected chi connectivity index (χ3v) is 3.80. The van der Waals surface area contributed by atoms with E-state index in [0.717, 1.165) is 5.56 Å². The number of nitrogens with zero attached hydrogens (tertiary/aromatic N) is 2. The van der Waals surface area contributed by atoms with Crippen molar-refractivity contribution >= 4 is 17.4 Å². The standard InChI is InChI=1S/C15H17N3O4S/c1-10(2)22-8-12-7-14(19)17-15(16-12)23-9-11-3-5-13(6-4-11)18(20)21/h3-7,10H,8-9H2,1-2H3,(H,16,17,19). The number of benzene rings is 1. The topological polar surface area (TPSA) is 98.1 Å². The van der Waals surface area contributed by atoms with E-state index in [0.29, 0.717) is 16.6 Å². The van der Waals surface area contributed by atoms with Crippen molar-refractivity contribution in [1.29, 1.82) is 0 Å². The van der Waals surface area contributed by atoms with Gasteiger partial charge in [0.1, 0.15) is 0 Å². The smallest absolute Gasteiger partial charge is 0.269 e. The Bertz CT molecular complexity index is 728. The zero-order chi connectivity index (χ0) is 16.8. The number of thioether (sulfide) groups is 1. The first-order chi connectivity index (χ1) is 10.9. The predicted molar refractivity (Wildman–Crippen MR) is 87.4 cm³/mol. The fourth-order valence-corrected chi connectivity index (χ4v) is 2.59. The first-order valence-electron chi connectivity index (χ1n) is 7.02. The van der Waals surface area contributed by atoms with Gasteiger partial charge in [0, 0.05) is 24.0 Å². The van der Waals surface area contributed by atoms with Crippen LogP contribution in [0.4, 0.5) is 5.69 Å². The molecule has 7 nitrogen and oxygen atoms in total. The second-order valence-corrected chi connectivity index (χ2v) is 6.08. The first-order valence-corrected chi connectivity index (χ1v) is 8.00. The van der Waals surface area contributed by atoms with Crippen LogP contribution in [0.1, 0.15) is 25.1 Å². The van der Waals surface area contributed by atoms with Crippen LogP contribution in [-0.2, 0) is 17.1 Å². The molecule has 0 saturated carbocycles. The van der Waals surface area contributed by atoms with Gasteiger partial charge in [-0.15, -0.1) is 0 Å². The molecule has 0 spiro atoms. The third kappa shape index (κ3) is 5.50. The number of aromatic nitrogens is 2.